The zero-order valence-corrected chi connectivity index (χ0v) is 24.4. The molecular formula is C32H37F2N7O. The number of nitriles is 1. The lowest BCUT2D eigenvalue weighted by Crippen LogP contribution is -2.45. The summed E-state index contributed by atoms with van der Waals surface area (Å²) in [4.78, 5) is 20.5. The summed E-state index contributed by atoms with van der Waals surface area (Å²) in [6, 6.07) is 12.0. The molecule has 0 spiro atoms. The lowest BCUT2D eigenvalue weighted by atomic mass is 9.57. The summed E-state index contributed by atoms with van der Waals surface area (Å²) in [5.74, 6) is -2.25. The summed E-state index contributed by atoms with van der Waals surface area (Å²) in [6.45, 7) is 4.94. The molecule has 220 valence electrons. The SMILES string of the molecule is CC1CCc2c(CN3CCC(F)(F)[C@H](C)C3)cc(C(=O)Nc3cccc(C4(c5nncn5C)CC(CC#N)C4)c3)nc21. The maximum Gasteiger partial charge on any atom is 0.274 e. The second kappa shape index (κ2) is 10.8. The molecule has 6 rings (SSSR count). The van der Waals surface area contributed by atoms with E-state index in [4.69, 9.17) is 4.98 Å². The third-order valence-corrected chi connectivity index (χ3v) is 9.65. The van der Waals surface area contributed by atoms with Crippen LogP contribution >= 0.6 is 0 Å². The van der Waals surface area contributed by atoms with Gasteiger partial charge in [-0.25, -0.2) is 13.8 Å². The molecule has 3 heterocycles. The molecular weight excluding hydrogens is 536 g/mol. The highest BCUT2D eigenvalue weighted by atomic mass is 19.3. The Hall–Kier alpha value is -3.71. The van der Waals surface area contributed by atoms with Crippen molar-refractivity contribution in [1.82, 2.24) is 24.6 Å². The van der Waals surface area contributed by atoms with Crippen molar-refractivity contribution in [3.8, 4) is 6.07 Å². The minimum absolute atomic E-state index is 0.144. The molecule has 1 saturated carbocycles. The number of amides is 1. The van der Waals surface area contributed by atoms with Crippen LogP contribution in [0.2, 0.25) is 0 Å². The van der Waals surface area contributed by atoms with Crippen LogP contribution in [0.15, 0.2) is 36.7 Å². The highest BCUT2D eigenvalue weighted by Gasteiger charge is 2.49. The van der Waals surface area contributed by atoms with Crippen molar-refractivity contribution in [2.45, 2.75) is 76.2 Å². The number of carbonyl (C=O) groups is 1. The fourth-order valence-corrected chi connectivity index (χ4v) is 7.20. The van der Waals surface area contributed by atoms with Crippen LogP contribution in [0, 0.1) is 23.2 Å². The highest BCUT2D eigenvalue weighted by molar-refractivity contribution is 6.03. The van der Waals surface area contributed by atoms with Crippen LogP contribution in [0.5, 0.6) is 0 Å². The lowest BCUT2D eigenvalue weighted by Gasteiger charge is -2.46. The van der Waals surface area contributed by atoms with E-state index in [9.17, 15) is 18.8 Å². The Bertz CT molecular complexity index is 1540. The fraction of sp³-hybridized carbons (Fsp3) is 0.531. The van der Waals surface area contributed by atoms with E-state index >= 15 is 0 Å². The van der Waals surface area contributed by atoms with Crippen LogP contribution in [0.1, 0.15) is 90.6 Å². The normalized spacial score (nSPS) is 26.7. The third-order valence-electron chi connectivity index (χ3n) is 9.65. The summed E-state index contributed by atoms with van der Waals surface area (Å²) >= 11 is 0. The largest absolute Gasteiger partial charge is 0.321 e. The first-order valence-electron chi connectivity index (χ1n) is 14.9. The minimum atomic E-state index is -2.63. The molecule has 2 fully saturated rings. The van der Waals surface area contributed by atoms with E-state index in [0.29, 0.717) is 37.4 Å². The highest BCUT2D eigenvalue weighted by Crippen LogP contribution is 2.53. The molecule has 2 atom stereocenters. The van der Waals surface area contributed by atoms with Crippen LogP contribution in [0.4, 0.5) is 14.5 Å². The molecule has 1 N–H and O–H groups in total. The number of alkyl halides is 2. The zero-order chi connectivity index (χ0) is 29.6. The van der Waals surface area contributed by atoms with Crippen molar-refractivity contribution < 1.29 is 13.6 Å². The molecule has 0 radical (unpaired) electrons. The van der Waals surface area contributed by atoms with Crippen molar-refractivity contribution in [2.24, 2.45) is 18.9 Å². The first-order valence-corrected chi connectivity index (χ1v) is 14.9. The van der Waals surface area contributed by atoms with Crippen LogP contribution in [0.25, 0.3) is 0 Å². The number of hydrogen-bond donors (Lipinski definition) is 1. The molecule has 3 aliphatic rings. The third kappa shape index (κ3) is 5.08. The van der Waals surface area contributed by atoms with E-state index in [1.54, 1.807) is 13.3 Å². The summed E-state index contributed by atoms with van der Waals surface area (Å²) in [6.07, 6.45) is 5.48. The molecule has 3 aromatic rings. The molecule has 1 saturated heterocycles. The maximum atomic E-state index is 14.1. The van der Waals surface area contributed by atoms with Gasteiger partial charge in [0.15, 0.2) is 0 Å². The number of fused-ring (bicyclic) bond motifs is 1. The van der Waals surface area contributed by atoms with Crippen LogP contribution in [0.3, 0.4) is 0 Å². The minimum Gasteiger partial charge on any atom is -0.321 e. The summed E-state index contributed by atoms with van der Waals surface area (Å²) < 4.78 is 30.2. The Balaban J connectivity index is 1.25. The van der Waals surface area contributed by atoms with Crippen molar-refractivity contribution >= 4 is 11.6 Å². The average molecular weight is 574 g/mol. The summed E-state index contributed by atoms with van der Waals surface area (Å²) in [5, 5.41) is 20.8. The standard InChI is InChI=1S/C32H37F2N7O/c1-20-7-8-26-23(18-41-12-10-32(33,34)21(2)17-41)13-27(38-28(20)26)29(42)37-25-6-4-5-24(14-25)31(15-22(16-31)9-11-35)30-39-36-19-40(30)3/h4-6,13-14,19-22H,7-10,12,15-18H2,1-3H3,(H,37,42)/t20?,21-,22?,31?/m1/s1. The van der Waals surface area contributed by atoms with E-state index in [1.165, 1.54) is 0 Å². The number of hydrogen-bond acceptors (Lipinski definition) is 6. The number of benzene rings is 1. The van der Waals surface area contributed by atoms with E-state index in [-0.39, 0.29) is 29.6 Å². The number of piperidine rings is 1. The van der Waals surface area contributed by atoms with Gasteiger partial charge in [0.1, 0.15) is 17.8 Å². The van der Waals surface area contributed by atoms with Crippen molar-refractivity contribution in [1.29, 1.82) is 5.26 Å². The van der Waals surface area contributed by atoms with Gasteiger partial charge in [-0.2, -0.15) is 5.26 Å². The van der Waals surface area contributed by atoms with E-state index in [0.717, 1.165) is 53.9 Å². The van der Waals surface area contributed by atoms with Crippen LogP contribution < -0.4 is 5.32 Å². The molecule has 2 aromatic heterocycles. The number of anilines is 1. The zero-order valence-electron chi connectivity index (χ0n) is 24.4. The van der Waals surface area contributed by atoms with E-state index in [2.05, 4.69) is 33.4 Å². The molecule has 2 aliphatic carbocycles. The van der Waals surface area contributed by atoms with Gasteiger partial charge < -0.3 is 9.88 Å². The monoisotopic (exact) mass is 573 g/mol. The summed E-state index contributed by atoms with van der Waals surface area (Å²) in [7, 11) is 1.93. The Morgan fingerprint density at radius 3 is 2.76 bits per heavy atom. The second-order valence-electron chi connectivity index (χ2n) is 12.6. The number of rotatable bonds is 7. The average Bonchev–Trinajstić information content (AvgIpc) is 3.54. The van der Waals surface area contributed by atoms with Crippen molar-refractivity contribution in [3.05, 3.63) is 70.6 Å². The molecule has 8 nitrogen and oxygen atoms in total. The number of nitrogens with one attached hydrogen (secondary N) is 1. The fourth-order valence-electron chi connectivity index (χ4n) is 7.20. The van der Waals surface area contributed by atoms with Crippen LogP contribution in [-0.4, -0.2) is 49.6 Å². The van der Waals surface area contributed by atoms with Gasteiger partial charge in [-0.3, -0.25) is 9.69 Å². The number of likely N-dealkylation sites (tertiary alicyclic amines) is 1. The van der Waals surface area contributed by atoms with E-state index in [1.807, 2.05) is 41.9 Å². The molecule has 1 aromatic carbocycles. The number of halogens is 2. The van der Waals surface area contributed by atoms with Crippen molar-refractivity contribution in [2.75, 3.05) is 18.4 Å². The first-order chi connectivity index (χ1) is 20.1. The van der Waals surface area contributed by atoms with E-state index < -0.39 is 11.8 Å². The molecule has 0 bridgehead atoms. The number of nitrogens with zero attached hydrogens (tertiary/aromatic N) is 6. The van der Waals surface area contributed by atoms with Gasteiger partial charge in [-0.1, -0.05) is 26.0 Å². The maximum absolute atomic E-state index is 14.1. The Kier molecular flexibility index (Phi) is 7.34. The van der Waals surface area contributed by atoms with Crippen LogP contribution in [-0.2, 0) is 25.4 Å². The van der Waals surface area contributed by atoms with Crippen molar-refractivity contribution in [3.63, 3.8) is 0 Å². The van der Waals surface area contributed by atoms with Gasteiger partial charge in [0.05, 0.1) is 11.5 Å². The number of pyridine rings is 1. The van der Waals surface area contributed by atoms with Gasteiger partial charge >= 0.3 is 0 Å². The van der Waals surface area contributed by atoms with Gasteiger partial charge in [0, 0.05) is 56.8 Å². The smallest absolute Gasteiger partial charge is 0.274 e. The Labute approximate surface area is 245 Å². The predicted octanol–water partition coefficient (Wildman–Crippen LogP) is 5.60. The lowest BCUT2D eigenvalue weighted by molar-refractivity contribution is -0.100. The number of aromatic nitrogens is 4. The first kappa shape index (κ1) is 28.4. The number of carbonyl (C=O) groups excluding carboxylic acids is 1. The summed E-state index contributed by atoms with van der Waals surface area (Å²) in [5.41, 5.74) is 4.78. The van der Waals surface area contributed by atoms with Gasteiger partial charge in [0.25, 0.3) is 11.8 Å². The van der Waals surface area contributed by atoms with Gasteiger partial charge in [-0.15, -0.1) is 10.2 Å². The molecule has 1 aliphatic heterocycles. The quantitative estimate of drug-likeness (QED) is 0.395. The Morgan fingerprint density at radius 2 is 2.05 bits per heavy atom. The number of aryl methyl sites for hydroxylation is 1. The Morgan fingerprint density at radius 1 is 1.24 bits per heavy atom. The molecule has 10 heteroatoms. The molecule has 42 heavy (non-hydrogen) atoms. The second-order valence-corrected chi connectivity index (χ2v) is 12.6. The molecule has 1 unspecified atom stereocenters. The predicted molar refractivity (Wildman–Crippen MR) is 154 cm³/mol. The van der Waals surface area contributed by atoms with Gasteiger partial charge in [-0.05, 0) is 72.4 Å². The topological polar surface area (TPSA) is 99.7 Å². The molecule has 1 amide bonds. The van der Waals surface area contributed by atoms with Gasteiger partial charge in [0.2, 0.25) is 0 Å².